The molecule has 21 heavy (non-hydrogen) atoms. The number of aromatic nitrogens is 3. The van der Waals surface area contributed by atoms with Crippen molar-refractivity contribution in [1.82, 2.24) is 15.0 Å². The summed E-state index contributed by atoms with van der Waals surface area (Å²) in [6.07, 6.45) is -4.92. The number of hydrogen-bond acceptors (Lipinski definition) is 4. The van der Waals surface area contributed by atoms with E-state index in [4.69, 9.17) is 9.84 Å². The Hall–Kier alpha value is -2.58. The number of carboxylic acids is 1. The van der Waals surface area contributed by atoms with E-state index >= 15 is 0 Å². The highest BCUT2D eigenvalue weighted by molar-refractivity contribution is 5.86. The van der Waals surface area contributed by atoms with Gasteiger partial charge in [-0.1, -0.05) is 17.3 Å². The summed E-state index contributed by atoms with van der Waals surface area (Å²) in [7, 11) is 0. The Bertz CT molecular complexity index is 667. The Balaban J connectivity index is 2.68. The molecule has 0 radical (unpaired) electrons. The molecule has 2 aromatic rings. The molecule has 0 atom stereocenters. The van der Waals surface area contributed by atoms with Crippen molar-refractivity contribution in [3.63, 3.8) is 0 Å². The van der Waals surface area contributed by atoms with Gasteiger partial charge in [0.2, 0.25) is 5.69 Å². The van der Waals surface area contributed by atoms with Gasteiger partial charge in [0, 0.05) is 0 Å². The van der Waals surface area contributed by atoms with E-state index in [1.165, 1.54) is 18.2 Å². The maximum atomic E-state index is 13.1. The summed E-state index contributed by atoms with van der Waals surface area (Å²) in [6.45, 7) is 1.91. The van der Waals surface area contributed by atoms with Crippen molar-refractivity contribution in [3.8, 4) is 11.4 Å². The fraction of sp³-hybridized carbons (Fsp3) is 0.250. The zero-order chi connectivity index (χ0) is 15.6. The van der Waals surface area contributed by atoms with Crippen LogP contribution in [0.3, 0.4) is 0 Å². The van der Waals surface area contributed by atoms with E-state index in [0.29, 0.717) is 4.68 Å². The standard InChI is InChI=1S/C12H10F3N3O3/c1-2-21-8-6-4-3-5-7(8)18-10(12(13,14)15)9(11(19)20)16-17-18/h3-6H,2H2,1H3,(H,19,20). The van der Waals surface area contributed by atoms with Gasteiger partial charge in [-0.05, 0) is 19.1 Å². The third kappa shape index (κ3) is 2.81. The van der Waals surface area contributed by atoms with Crippen molar-refractivity contribution in [2.45, 2.75) is 13.1 Å². The van der Waals surface area contributed by atoms with Crippen LogP contribution in [0.4, 0.5) is 13.2 Å². The van der Waals surface area contributed by atoms with E-state index in [-0.39, 0.29) is 18.0 Å². The number of benzene rings is 1. The number of nitrogens with zero attached hydrogens (tertiary/aromatic N) is 3. The molecule has 0 unspecified atom stereocenters. The number of rotatable bonds is 4. The Morgan fingerprint density at radius 2 is 2.05 bits per heavy atom. The lowest BCUT2D eigenvalue weighted by Crippen LogP contribution is -2.18. The van der Waals surface area contributed by atoms with Crippen LogP contribution in [-0.2, 0) is 6.18 Å². The predicted octanol–water partition coefficient (Wildman–Crippen LogP) is 2.38. The largest absolute Gasteiger partial charge is 0.492 e. The van der Waals surface area contributed by atoms with Crippen molar-refractivity contribution < 1.29 is 27.8 Å². The molecule has 1 N–H and O–H groups in total. The number of alkyl halides is 3. The molecular weight excluding hydrogens is 291 g/mol. The molecule has 0 saturated heterocycles. The van der Waals surface area contributed by atoms with Crippen molar-refractivity contribution in [2.24, 2.45) is 0 Å². The van der Waals surface area contributed by atoms with Crippen LogP contribution in [0.1, 0.15) is 23.1 Å². The minimum absolute atomic E-state index is 0.0355. The fourth-order valence-corrected chi connectivity index (χ4v) is 1.76. The topological polar surface area (TPSA) is 77.2 Å². The second kappa shape index (κ2) is 5.43. The summed E-state index contributed by atoms with van der Waals surface area (Å²) in [4.78, 5) is 10.9. The van der Waals surface area contributed by atoms with Crippen molar-refractivity contribution in [3.05, 3.63) is 35.7 Å². The van der Waals surface area contributed by atoms with Gasteiger partial charge >= 0.3 is 12.1 Å². The van der Waals surface area contributed by atoms with Gasteiger partial charge in [-0.25, -0.2) is 9.48 Å². The van der Waals surface area contributed by atoms with E-state index in [2.05, 4.69) is 10.3 Å². The van der Waals surface area contributed by atoms with Crippen molar-refractivity contribution >= 4 is 5.97 Å². The maximum Gasteiger partial charge on any atom is 0.436 e. The van der Waals surface area contributed by atoms with Crippen LogP contribution in [0, 0.1) is 0 Å². The minimum Gasteiger partial charge on any atom is -0.492 e. The average molecular weight is 301 g/mol. The second-order valence-corrected chi connectivity index (χ2v) is 3.90. The predicted molar refractivity (Wildman–Crippen MR) is 64.5 cm³/mol. The van der Waals surface area contributed by atoms with Gasteiger partial charge < -0.3 is 9.84 Å². The van der Waals surface area contributed by atoms with E-state index in [0.717, 1.165) is 0 Å². The molecule has 1 aromatic carbocycles. The molecule has 0 bridgehead atoms. The number of hydrogen-bond donors (Lipinski definition) is 1. The number of halogens is 3. The molecule has 0 aliphatic rings. The number of carboxylic acid groups (broad SMARTS) is 1. The van der Waals surface area contributed by atoms with Crippen LogP contribution in [0.5, 0.6) is 5.75 Å². The summed E-state index contributed by atoms with van der Waals surface area (Å²) in [5.74, 6) is -1.66. The van der Waals surface area contributed by atoms with E-state index in [9.17, 15) is 18.0 Å². The first-order chi connectivity index (χ1) is 9.86. The normalized spacial score (nSPS) is 11.4. The SMILES string of the molecule is CCOc1ccccc1-n1nnc(C(=O)O)c1C(F)(F)F. The molecule has 6 nitrogen and oxygen atoms in total. The van der Waals surface area contributed by atoms with Crippen LogP contribution < -0.4 is 4.74 Å². The minimum atomic E-state index is -4.92. The van der Waals surface area contributed by atoms with Crippen LogP contribution in [0.25, 0.3) is 5.69 Å². The quantitative estimate of drug-likeness (QED) is 0.938. The Labute approximate surface area is 116 Å². The fourth-order valence-electron chi connectivity index (χ4n) is 1.76. The Kier molecular flexibility index (Phi) is 3.83. The molecule has 1 aromatic heterocycles. The monoisotopic (exact) mass is 301 g/mol. The molecule has 0 spiro atoms. The number of carbonyl (C=O) groups is 1. The Morgan fingerprint density at radius 3 is 2.62 bits per heavy atom. The smallest absolute Gasteiger partial charge is 0.436 e. The van der Waals surface area contributed by atoms with Crippen LogP contribution in [0.15, 0.2) is 24.3 Å². The molecule has 0 saturated carbocycles. The van der Waals surface area contributed by atoms with Gasteiger partial charge in [0.1, 0.15) is 11.4 Å². The van der Waals surface area contributed by atoms with E-state index in [1.807, 2.05) is 0 Å². The molecule has 1 heterocycles. The zero-order valence-corrected chi connectivity index (χ0v) is 10.8. The molecule has 2 rings (SSSR count). The first-order valence-electron chi connectivity index (χ1n) is 5.84. The number of para-hydroxylation sites is 2. The van der Waals surface area contributed by atoms with Gasteiger partial charge in [0.15, 0.2) is 5.69 Å². The average Bonchev–Trinajstić information content (AvgIpc) is 2.84. The summed E-state index contributed by atoms with van der Waals surface area (Å²) >= 11 is 0. The molecular formula is C12H10F3N3O3. The lowest BCUT2D eigenvalue weighted by molar-refractivity contribution is -0.143. The van der Waals surface area contributed by atoms with Gasteiger partial charge in [-0.15, -0.1) is 5.10 Å². The van der Waals surface area contributed by atoms with Crippen molar-refractivity contribution in [1.29, 1.82) is 0 Å². The zero-order valence-electron chi connectivity index (χ0n) is 10.8. The van der Waals surface area contributed by atoms with Gasteiger partial charge in [0.25, 0.3) is 0 Å². The second-order valence-electron chi connectivity index (χ2n) is 3.90. The summed E-state index contributed by atoms with van der Waals surface area (Å²) < 4.78 is 45.0. The van der Waals surface area contributed by atoms with Crippen LogP contribution >= 0.6 is 0 Å². The summed E-state index contributed by atoms with van der Waals surface area (Å²) in [5, 5.41) is 15.2. The molecule has 0 aliphatic heterocycles. The molecule has 0 amide bonds. The third-order valence-electron chi connectivity index (χ3n) is 2.53. The van der Waals surface area contributed by atoms with Gasteiger partial charge in [-0.2, -0.15) is 13.2 Å². The number of aromatic carboxylic acids is 1. The van der Waals surface area contributed by atoms with E-state index < -0.39 is 23.5 Å². The molecule has 9 heteroatoms. The molecule has 0 aliphatic carbocycles. The van der Waals surface area contributed by atoms with Gasteiger partial charge in [0.05, 0.1) is 6.61 Å². The highest BCUT2D eigenvalue weighted by Gasteiger charge is 2.42. The summed E-state index contributed by atoms with van der Waals surface area (Å²) in [5.41, 5.74) is -2.65. The first-order valence-corrected chi connectivity index (χ1v) is 5.84. The Morgan fingerprint density at radius 1 is 1.38 bits per heavy atom. The molecule has 112 valence electrons. The highest BCUT2D eigenvalue weighted by atomic mass is 19.4. The lowest BCUT2D eigenvalue weighted by atomic mass is 10.2. The van der Waals surface area contributed by atoms with Crippen molar-refractivity contribution in [2.75, 3.05) is 6.61 Å². The highest BCUT2D eigenvalue weighted by Crippen LogP contribution is 2.34. The molecule has 0 fully saturated rings. The lowest BCUT2D eigenvalue weighted by Gasteiger charge is -2.13. The first kappa shape index (κ1) is 14.8. The van der Waals surface area contributed by atoms with Crippen LogP contribution in [-0.4, -0.2) is 32.7 Å². The van der Waals surface area contributed by atoms with Gasteiger partial charge in [-0.3, -0.25) is 0 Å². The maximum absolute atomic E-state index is 13.1. The summed E-state index contributed by atoms with van der Waals surface area (Å²) in [6, 6.07) is 5.86. The van der Waals surface area contributed by atoms with E-state index in [1.54, 1.807) is 13.0 Å². The number of ether oxygens (including phenoxy) is 1. The third-order valence-corrected chi connectivity index (χ3v) is 2.53. The van der Waals surface area contributed by atoms with Crippen LogP contribution in [0.2, 0.25) is 0 Å².